The standard InChI is InChI=1S/C12H21N/c1-4-5-6-7-8-9-13-10-12(2,3)11-13/h4-7,10-11H2,1-3H3. The normalized spacial score (nSPS) is 18.8. The molecule has 0 unspecified atom stereocenters. The number of rotatable bonds is 3. The largest absolute Gasteiger partial charge is 0.331 e. The highest BCUT2D eigenvalue weighted by molar-refractivity contribution is 5.05. The maximum atomic E-state index is 3.24. The quantitative estimate of drug-likeness (QED) is 0.475. The molecule has 1 rings (SSSR count). The molecular weight excluding hydrogens is 158 g/mol. The van der Waals surface area contributed by atoms with Gasteiger partial charge in [-0.15, -0.1) is 0 Å². The first kappa shape index (κ1) is 10.4. The molecule has 1 fully saturated rings. The van der Waals surface area contributed by atoms with Crippen LogP contribution in [0.3, 0.4) is 0 Å². The molecule has 0 aromatic carbocycles. The van der Waals surface area contributed by atoms with E-state index in [1.165, 1.54) is 19.3 Å². The topological polar surface area (TPSA) is 3.24 Å². The molecule has 0 aromatic heterocycles. The fraction of sp³-hybridized carbons (Fsp3) is 0.833. The molecule has 0 bridgehead atoms. The van der Waals surface area contributed by atoms with Gasteiger partial charge in [-0.3, -0.25) is 0 Å². The van der Waals surface area contributed by atoms with Gasteiger partial charge < -0.3 is 4.90 Å². The molecular formula is C12H21N. The average Bonchev–Trinajstić information content (AvgIpc) is 2.00. The summed E-state index contributed by atoms with van der Waals surface area (Å²) in [7, 11) is 0. The summed E-state index contributed by atoms with van der Waals surface area (Å²) in [5, 5.41) is 0. The SMILES string of the molecule is CCCCCC#CN1CC(C)(C)C1. The second kappa shape index (κ2) is 4.56. The van der Waals surface area contributed by atoms with Crippen LogP contribution in [-0.2, 0) is 0 Å². The molecule has 13 heavy (non-hydrogen) atoms. The molecule has 0 spiro atoms. The Bertz CT molecular complexity index is 199. The van der Waals surface area contributed by atoms with Crippen LogP contribution in [-0.4, -0.2) is 18.0 Å². The second-order valence-electron chi connectivity index (χ2n) is 4.77. The van der Waals surface area contributed by atoms with Crippen molar-refractivity contribution in [3.8, 4) is 12.0 Å². The Balaban J connectivity index is 2.05. The van der Waals surface area contributed by atoms with Crippen LogP contribution in [0.5, 0.6) is 0 Å². The lowest BCUT2D eigenvalue weighted by Crippen LogP contribution is -2.50. The highest BCUT2D eigenvalue weighted by atomic mass is 15.2. The van der Waals surface area contributed by atoms with E-state index in [0.29, 0.717) is 5.41 Å². The van der Waals surface area contributed by atoms with Crippen LogP contribution in [0.25, 0.3) is 0 Å². The van der Waals surface area contributed by atoms with Crippen molar-refractivity contribution in [1.82, 2.24) is 4.90 Å². The molecule has 0 aliphatic carbocycles. The molecule has 1 heterocycles. The molecule has 1 aliphatic rings. The lowest BCUT2D eigenvalue weighted by molar-refractivity contribution is 0.0880. The predicted octanol–water partition coefficient (Wildman–Crippen LogP) is 2.87. The van der Waals surface area contributed by atoms with Crippen molar-refractivity contribution in [3.63, 3.8) is 0 Å². The van der Waals surface area contributed by atoms with Crippen LogP contribution in [0, 0.1) is 17.4 Å². The maximum Gasteiger partial charge on any atom is 0.0329 e. The zero-order chi connectivity index (χ0) is 9.73. The van der Waals surface area contributed by atoms with Crippen molar-refractivity contribution < 1.29 is 0 Å². The minimum absolute atomic E-state index is 0.512. The summed E-state index contributed by atoms with van der Waals surface area (Å²) in [6, 6.07) is 3.22. The van der Waals surface area contributed by atoms with Gasteiger partial charge in [0.1, 0.15) is 0 Å². The van der Waals surface area contributed by atoms with Gasteiger partial charge in [0.2, 0.25) is 0 Å². The average molecular weight is 179 g/mol. The summed E-state index contributed by atoms with van der Waals surface area (Å²) in [5.74, 6) is 3.24. The summed E-state index contributed by atoms with van der Waals surface area (Å²) >= 11 is 0. The minimum Gasteiger partial charge on any atom is -0.331 e. The summed E-state index contributed by atoms with van der Waals surface area (Å²) in [4.78, 5) is 2.23. The Morgan fingerprint density at radius 3 is 2.46 bits per heavy atom. The highest BCUT2D eigenvalue weighted by Crippen LogP contribution is 2.27. The fourth-order valence-electron chi connectivity index (χ4n) is 1.70. The van der Waals surface area contributed by atoms with Crippen LogP contribution in [0.2, 0.25) is 0 Å². The third kappa shape index (κ3) is 3.72. The number of hydrogen-bond acceptors (Lipinski definition) is 1. The molecule has 0 amide bonds. The number of likely N-dealkylation sites (tertiary alicyclic amines) is 1. The molecule has 1 heteroatoms. The molecule has 74 valence electrons. The van der Waals surface area contributed by atoms with Crippen molar-refractivity contribution in [2.24, 2.45) is 5.41 Å². The van der Waals surface area contributed by atoms with E-state index in [1.807, 2.05) is 0 Å². The van der Waals surface area contributed by atoms with Gasteiger partial charge in [0.15, 0.2) is 0 Å². The summed E-state index contributed by atoms with van der Waals surface area (Å²) < 4.78 is 0. The van der Waals surface area contributed by atoms with E-state index in [4.69, 9.17) is 0 Å². The molecule has 0 N–H and O–H groups in total. The third-order valence-corrected chi connectivity index (χ3v) is 2.38. The van der Waals surface area contributed by atoms with Gasteiger partial charge in [0, 0.05) is 31.0 Å². The van der Waals surface area contributed by atoms with Crippen molar-refractivity contribution in [2.75, 3.05) is 13.1 Å². The van der Waals surface area contributed by atoms with Gasteiger partial charge in [-0.25, -0.2) is 0 Å². The monoisotopic (exact) mass is 179 g/mol. The first-order valence-electron chi connectivity index (χ1n) is 5.37. The lowest BCUT2D eigenvalue weighted by atomic mass is 9.85. The smallest absolute Gasteiger partial charge is 0.0329 e. The van der Waals surface area contributed by atoms with Crippen molar-refractivity contribution in [3.05, 3.63) is 0 Å². The van der Waals surface area contributed by atoms with E-state index in [-0.39, 0.29) is 0 Å². The van der Waals surface area contributed by atoms with E-state index in [0.717, 1.165) is 19.5 Å². The van der Waals surface area contributed by atoms with Crippen molar-refractivity contribution in [2.45, 2.75) is 46.5 Å². The Hall–Kier alpha value is -0.640. The molecule has 1 aliphatic heterocycles. The summed E-state index contributed by atoms with van der Waals surface area (Å²) in [5.41, 5.74) is 0.512. The van der Waals surface area contributed by atoms with Crippen molar-refractivity contribution in [1.29, 1.82) is 0 Å². The van der Waals surface area contributed by atoms with E-state index in [2.05, 4.69) is 37.6 Å². The van der Waals surface area contributed by atoms with Gasteiger partial charge >= 0.3 is 0 Å². The van der Waals surface area contributed by atoms with Crippen LogP contribution in [0.1, 0.15) is 46.5 Å². The van der Waals surface area contributed by atoms with Crippen LogP contribution >= 0.6 is 0 Å². The van der Waals surface area contributed by atoms with E-state index < -0.39 is 0 Å². The van der Waals surface area contributed by atoms with Gasteiger partial charge in [0.05, 0.1) is 0 Å². The predicted molar refractivity (Wildman–Crippen MR) is 57.3 cm³/mol. The molecule has 0 saturated carbocycles. The molecule has 1 saturated heterocycles. The summed E-state index contributed by atoms with van der Waals surface area (Å²) in [6.45, 7) is 9.11. The lowest BCUT2D eigenvalue weighted by Gasteiger charge is -2.43. The number of hydrogen-bond donors (Lipinski definition) is 0. The van der Waals surface area contributed by atoms with Gasteiger partial charge in [-0.2, -0.15) is 0 Å². The van der Waals surface area contributed by atoms with Gasteiger partial charge in [0.25, 0.3) is 0 Å². The zero-order valence-electron chi connectivity index (χ0n) is 9.19. The first-order chi connectivity index (χ1) is 6.14. The summed E-state index contributed by atoms with van der Waals surface area (Å²) in [6.07, 6.45) is 4.95. The molecule has 0 aromatic rings. The minimum atomic E-state index is 0.512. The first-order valence-corrected chi connectivity index (χ1v) is 5.37. The third-order valence-electron chi connectivity index (χ3n) is 2.38. The van der Waals surface area contributed by atoms with Crippen molar-refractivity contribution >= 4 is 0 Å². The van der Waals surface area contributed by atoms with E-state index in [1.54, 1.807) is 0 Å². The maximum absolute atomic E-state index is 3.24. The van der Waals surface area contributed by atoms with E-state index in [9.17, 15) is 0 Å². The Kier molecular flexibility index (Phi) is 3.66. The van der Waals surface area contributed by atoms with Crippen LogP contribution in [0.15, 0.2) is 0 Å². The van der Waals surface area contributed by atoms with Gasteiger partial charge in [-0.05, 0) is 6.42 Å². The van der Waals surface area contributed by atoms with Crippen LogP contribution < -0.4 is 0 Å². The fourth-order valence-corrected chi connectivity index (χ4v) is 1.70. The van der Waals surface area contributed by atoms with Crippen LogP contribution in [0.4, 0.5) is 0 Å². The Morgan fingerprint density at radius 1 is 1.23 bits per heavy atom. The highest BCUT2D eigenvalue weighted by Gasteiger charge is 2.32. The Morgan fingerprint density at radius 2 is 1.92 bits per heavy atom. The second-order valence-corrected chi connectivity index (χ2v) is 4.77. The number of unbranched alkanes of at least 4 members (excludes halogenated alkanes) is 3. The molecule has 0 atom stereocenters. The number of nitrogens with zero attached hydrogens (tertiary/aromatic N) is 1. The Labute approximate surface area is 82.5 Å². The molecule has 1 nitrogen and oxygen atoms in total. The van der Waals surface area contributed by atoms with Gasteiger partial charge in [-0.1, -0.05) is 39.5 Å². The molecule has 0 radical (unpaired) electrons. The zero-order valence-corrected chi connectivity index (χ0v) is 9.19. The van der Waals surface area contributed by atoms with E-state index >= 15 is 0 Å².